The lowest BCUT2D eigenvalue weighted by Gasteiger charge is -2.08. The van der Waals surface area contributed by atoms with Crippen molar-refractivity contribution in [2.24, 2.45) is 0 Å². The van der Waals surface area contributed by atoms with Crippen LogP contribution in [-0.4, -0.2) is 31.4 Å². The third-order valence-electron chi connectivity index (χ3n) is 3.05. The number of ether oxygens (including phenoxy) is 1. The number of rotatable bonds is 5. The van der Waals surface area contributed by atoms with Gasteiger partial charge >= 0.3 is 5.97 Å². The fourth-order valence-corrected chi connectivity index (χ4v) is 2.01. The van der Waals surface area contributed by atoms with E-state index in [1.54, 1.807) is 30.3 Å². The van der Waals surface area contributed by atoms with Crippen LogP contribution in [0.2, 0.25) is 5.02 Å². The molecule has 0 saturated carbocycles. The van der Waals surface area contributed by atoms with Crippen LogP contribution in [0, 0.1) is 0 Å². The predicted octanol–water partition coefficient (Wildman–Crippen LogP) is 2.50. The minimum absolute atomic E-state index is 0.264. The molecular weight excluding hydrogens is 332 g/mol. The van der Waals surface area contributed by atoms with Gasteiger partial charge in [-0.15, -0.1) is 0 Å². The van der Waals surface area contributed by atoms with Crippen LogP contribution in [0.3, 0.4) is 0 Å². The molecule has 2 aromatic rings. The number of esters is 1. The smallest absolute Gasteiger partial charge is 0.338 e. The largest absolute Gasteiger partial charge is 0.452 e. The summed E-state index contributed by atoms with van der Waals surface area (Å²) in [6.45, 7) is -0.439. The zero-order chi connectivity index (χ0) is 17.5. The summed E-state index contributed by atoms with van der Waals surface area (Å²) in [4.78, 5) is 35.2. The highest BCUT2D eigenvalue weighted by Gasteiger charge is 2.11. The van der Waals surface area contributed by atoms with E-state index in [2.05, 4.69) is 10.6 Å². The van der Waals surface area contributed by atoms with Crippen LogP contribution < -0.4 is 10.6 Å². The molecule has 0 fully saturated rings. The molecule has 6 nitrogen and oxygen atoms in total. The molecule has 24 heavy (non-hydrogen) atoms. The topological polar surface area (TPSA) is 84.5 Å². The van der Waals surface area contributed by atoms with E-state index in [4.69, 9.17) is 16.3 Å². The summed E-state index contributed by atoms with van der Waals surface area (Å²) in [5.41, 5.74) is 1.14. The number of nitrogens with one attached hydrogen (secondary N) is 2. The van der Waals surface area contributed by atoms with Crippen molar-refractivity contribution in [2.75, 3.05) is 19.0 Å². The van der Waals surface area contributed by atoms with E-state index in [-0.39, 0.29) is 5.91 Å². The normalized spacial score (nSPS) is 9.92. The highest BCUT2D eigenvalue weighted by Crippen LogP contribution is 2.12. The third-order valence-corrected chi connectivity index (χ3v) is 3.30. The summed E-state index contributed by atoms with van der Waals surface area (Å²) in [5.74, 6) is -1.40. The summed E-state index contributed by atoms with van der Waals surface area (Å²) < 4.78 is 4.93. The molecule has 0 aliphatic heterocycles. The first-order valence-corrected chi connectivity index (χ1v) is 7.42. The maximum absolute atomic E-state index is 11.8. The van der Waals surface area contributed by atoms with Gasteiger partial charge in [0.05, 0.1) is 5.56 Å². The van der Waals surface area contributed by atoms with E-state index in [9.17, 15) is 14.4 Å². The Kier molecular flexibility index (Phi) is 5.92. The Balaban J connectivity index is 1.90. The molecule has 2 aromatic carbocycles. The molecule has 0 aliphatic carbocycles. The molecule has 0 radical (unpaired) electrons. The molecule has 0 bridgehead atoms. The predicted molar refractivity (Wildman–Crippen MR) is 90.2 cm³/mol. The van der Waals surface area contributed by atoms with E-state index in [0.29, 0.717) is 21.8 Å². The van der Waals surface area contributed by atoms with Crippen molar-refractivity contribution in [3.05, 3.63) is 64.7 Å². The van der Waals surface area contributed by atoms with Gasteiger partial charge in [-0.25, -0.2) is 4.79 Å². The Hall–Kier alpha value is -2.86. The molecule has 2 amide bonds. The van der Waals surface area contributed by atoms with Gasteiger partial charge in [-0.3, -0.25) is 9.59 Å². The molecule has 0 unspecified atom stereocenters. The second-order valence-electron chi connectivity index (χ2n) is 4.79. The number of hydrogen-bond acceptors (Lipinski definition) is 4. The molecule has 2 rings (SSSR count). The Morgan fingerprint density at radius 1 is 1.04 bits per heavy atom. The van der Waals surface area contributed by atoms with E-state index in [0.717, 1.165) is 0 Å². The minimum atomic E-state index is -0.624. The lowest BCUT2D eigenvalue weighted by molar-refractivity contribution is -0.119. The average Bonchev–Trinajstić information content (AvgIpc) is 2.59. The summed E-state index contributed by atoms with van der Waals surface area (Å²) in [5, 5.41) is 5.55. The summed E-state index contributed by atoms with van der Waals surface area (Å²) in [6.07, 6.45) is 0. The van der Waals surface area contributed by atoms with Crippen molar-refractivity contribution in [3.8, 4) is 0 Å². The molecule has 7 heteroatoms. The van der Waals surface area contributed by atoms with Crippen molar-refractivity contribution in [3.63, 3.8) is 0 Å². The first-order chi connectivity index (χ1) is 11.5. The summed E-state index contributed by atoms with van der Waals surface area (Å²) in [7, 11) is 1.52. The lowest BCUT2D eigenvalue weighted by Crippen LogP contribution is -2.22. The van der Waals surface area contributed by atoms with Gasteiger partial charge in [0, 0.05) is 23.3 Å². The van der Waals surface area contributed by atoms with Crippen molar-refractivity contribution in [1.29, 1.82) is 0 Å². The van der Waals surface area contributed by atoms with Gasteiger partial charge in [0.2, 0.25) is 0 Å². The number of benzene rings is 2. The minimum Gasteiger partial charge on any atom is -0.452 e. The number of hydrogen-bond donors (Lipinski definition) is 2. The van der Waals surface area contributed by atoms with E-state index >= 15 is 0 Å². The molecule has 124 valence electrons. The first-order valence-electron chi connectivity index (χ1n) is 7.04. The van der Waals surface area contributed by atoms with Gasteiger partial charge in [0.15, 0.2) is 6.61 Å². The number of amides is 2. The van der Waals surface area contributed by atoms with Crippen molar-refractivity contribution >= 4 is 35.1 Å². The molecular formula is C17H15ClN2O4. The van der Waals surface area contributed by atoms with Crippen LogP contribution in [0.5, 0.6) is 0 Å². The summed E-state index contributed by atoms with van der Waals surface area (Å²) >= 11 is 5.73. The molecule has 0 heterocycles. The van der Waals surface area contributed by atoms with Crippen LogP contribution in [0.1, 0.15) is 20.7 Å². The van der Waals surface area contributed by atoms with Crippen molar-refractivity contribution < 1.29 is 19.1 Å². The molecule has 0 atom stereocenters. The summed E-state index contributed by atoms with van der Waals surface area (Å²) in [6, 6.07) is 12.5. The highest BCUT2D eigenvalue weighted by molar-refractivity contribution is 6.30. The molecule has 0 saturated heterocycles. The fourth-order valence-electron chi connectivity index (χ4n) is 1.88. The van der Waals surface area contributed by atoms with Crippen LogP contribution in [-0.2, 0) is 9.53 Å². The Morgan fingerprint density at radius 3 is 2.42 bits per heavy atom. The maximum atomic E-state index is 11.8. The second kappa shape index (κ2) is 8.12. The Labute approximate surface area is 143 Å². The number of halogens is 1. The Morgan fingerprint density at radius 2 is 1.75 bits per heavy atom. The molecule has 0 aromatic heterocycles. The highest BCUT2D eigenvalue weighted by atomic mass is 35.5. The van der Waals surface area contributed by atoms with Crippen LogP contribution in [0.15, 0.2) is 48.5 Å². The van der Waals surface area contributed by atoms with Crippen LogP contribution >= 0.6 is 11.6 Å². The molecule has 2 N–H and O–H groups in total. The number of carbonyl (C=O) groups is 3. The maximum Gasteiger partial charge on any atom is 0.338 e. The number of anilines is 1. The van der Waals surface area contributed by atoms with Crippen LogP contribution in [0.25, 0.3) is 0 Å². The van der Waals surface area contributed by atoms with Gasteiger partial charge in [-0.05, 0) is 42.5 Å². The van der Waals surface area contributed by atoms with E-state index in [1.165, 1.54) is 25.2 Å². The van der Waals surface area contributed by atoms with Gasteiger partial charge in [0.1, 0.15) is 0 Å². The van der Waals surface area contributed by atoms with Crippen molar-refractivity contribution in [1.82, 2.24) is 5.32 Å². The zero-order valence-electron chi connectivity index (χ0n) is 12.8. The fraction of sp³-hybridized carbons (Fsp3) is 0.118. The third kappa shape index (κ3) is 4.82. The standard InChI is InChI=1S/C17H15ClN2O4/c1-19-16(22)12-3-2-4-14(9-12)20-15(21)10-24-17(23)11-5-7-13(18)8-6-11/h2-9H,10H2,1H3,(H,19,22)(H,20,21). The molecule has 0 aliphatic rings. The Bertz CT molecular complexity index is 759. The first kappa shape index (κ1) is 17.5. The number of carbonyl (C=O) groups excluding carboxylic acids is 3. The van der Waals surface area contributed by atoms with Gasteiger partial charge in [-0.2, -0.15) is 0 Å². The quantitative estimate of drug-likeness (QED) is 0.815. The average molecular weight is 347 g/mol. The van der Waals surface area contributed by atoms with Gasteiger partial charge in [-0.1, -0.05) is 17.7 Å². The monoisotopic (exact) mass is 346 g/mol. The van der Waals surface area contributed by atoms with E-state index < -0.39 is 18.5 Å². The lowest BCUT2D eigenvalue weighted by atomic mass is 10.2. The van der Waals surface area contributed by atoms with Crippen LogP contribution in [0.4, 0.5) is 5.69 Å². The SMILES string of the molecule is CNC(=O)c1cccc(NC(=O)COC(=O)c2ccc(Cl)cc2)c1. The zero-order valence-corrected chi connectivity index (χ0v) is 13.6. The molecule has 0 spiro atoms. The second-order valence-corrected chi connectivity index (χ2v) is 5.23. The van der Waals surface area contributed by atoms with Crippen molar-refractivity contribution in [2.45, 2.75) is 0 Å². The van der Waals surface area contributed by atoms with Gasteiger partial charge in [0.25, 0.3) is 11.8 Å². The van der Waals surface area contributed by atoms with Gasteiger partial charge < -0.3 is 15.4 Å². The van der Waals surface area contributed by atoms with E-state index in [1.807, 2.05) is 0 Å².